The summed E-state index contributed by atoms with van der Waals surface area (Å²) in [6, 6.07) is 10.0. The van der Waals surface area contributed by atoms with Gasteiger partial charge in [0, 0.05) is 6.92 Å². The molecule has 2 nitrogen and oxygen atoms in total. The van der Waals surface area contributed by atoms with Gasteiger partial charge in [-0.2, -0.15) is 0 Å². The second-order valence-corrected chi connectivity index (χ2v) is 3.31. The molecule has 1 rings (SSSR count). The third-order valence-corrected chi connectivity index (χ3v) is 1.84. The minimum Gasteiger partial charge on any atom is -0.466 e. The van der Waals surface area contributed by atoms with Crippen molar-refractivity contribution in [2.24, 2.45) is 0 Å². The van der Waals surface area contributed by atoms with Crippen molar-refractivity contribution in [1.82, 2.24) is 0 Å². The zero-order valence-electron chi connectivity index (χ0n) is 10.1. The number of rotatable bonds is 4. The number of carbonyl (C=O) groups is 1. The van der Waals surface area contributed by atoms with E-state index < -0.39 is 0 Å². The zero-order chi connectivity index (χ0) is 12.2. The normalized spacial score (nSPS) is 8.62. The van der Waals surface area contributed by atoms with Crippen LogP contribution in [-0.4, -0.2) is 12.6 Å². The van der Waals surface area contributed by atoms with Gasteiger partial charge >= 0.3 is 5.97 Å². The standard InChI is InChI=1S/C8H8.C6H12O2/c1-2-8-6-4-3-5-7-8;1-3-4-5-8-6(2)7/h2-7H,1H2;3-5H2,1-2H3. The van der Waals surface area contributed by atoms with E-state index in [2.05, 4.69) is 18.2 Å². The molecule has 2 heteroatoms. The van der Waals surface area contributed by atoms with Gasteiger partial charge in [0.1, 0.15) is 0 Å². The molecular weight excluding hydrogens is 200 g/mol. The van der Waals surface area contributed by atoms with E-state index in [1.807, 2.05) is 36.4 Å². The van der Waals surface area contributed by atoms with E-state index in [1.165, 1.54) is 12.5 Å². The molecule has 0 bridgehead atoms. The van der Waals surface area contributed by atoms with Gasteiger partial charge in [0.05, 0.1) is 6.61 Å². The molecule has 0 saturated carbocycles. The minimum atomic E-state index is -0.182. The minimum absolute atomic E-state index is 0.182. The first-order chi connectivity index (χ1) is 7.70. The lowest BCUT2D eigenvalue weighted by atomic mass is 10.2. The van der Waals surface area contributed by atoms with Crippen LogP contribution in [0.15, 0.2) is 36.9 Å². The van der Waals surface area contributed by atoms with Crippen LogP contribution in [-0.2, 0) is 9.53 Å². The van der Waals surface area contributed by atoms with E-state index in [9.17, 15) is 4.79 Å². The Kier molecular flexibility index (Phi) is 8.99. The number of ether oxygens (including phenoxy) is 1. The number of benzene rings is 1. The van der Waals surface area contributed by atoms with Crippen molar-refractivity contribution in [3.05, 3.63) is 42.5 Å². The Balaban J connectivity index is 0.000000281. The largest absolute Gasteiger partial charge is 0.466 e. The van der Waals surface area contributed by atoms with Crippen molar-refractivity contribution in [3.8, 4) is 0 Å². The third-order valence-electron chi connectivity index (χ3n) is 1.84. The van der Waals surface area contributed by atoms with Crippen molar-refractivity contribution in [2.45, 2.75) is 26.7 Å². The van der Waals surface area contributed by atoms with E-state index in [0.29, 0.717) is 6.61 Å². The van der Waals surface area contributed by atoms with E-state index >= 15 is 0 Å². The molecule has 0 spiro atoms. The summed E-state index contributed by atoms with van der Waals surface area (Å²) in [5.41, 5.74) is 1.17. The first-order valence-electron chi connectivity index (χ1n) is 5.51. The molecule has 0 aromatic heterocycles. The maximum Gasteiger partial charge on any atom is 0.302 e. The summed E-state index contributed by atoms with van der Waals surface area (Å²) in [6.07, 6.45) is 3.88. The van der Waals surface area contributed by atoms with Crippen molar-refractivity contribution < 1.29 is 9.53 Å². The summed E-state index contributed by atoms with van der Waals surface area (Å²) in [6.45, 7) is 7.69. The summed E-state index contributed by atoms with van der Waals surface area (Å²) in [7, 11) is 0. The SMILES string of the molecule is C=Cc1ccccc1.CCCCOC(C)=O. The van der Waals surface area contributed by atoms with Crippen LogP contribution in [0.2, 0.25) is 0 Å². The molecule has 0 amide bonds. The molecule has 1 aromatic carbocycles. The van der Waals surface area contributed by atoms with Crippen molar-refractivity contribution in [2.75, 3.05) is 6.61 Å². The molecule has 0 saturated heterocycles. The van der Waals surface area contributed by atoms with Crippen molar-refractivity contribution >= 4 is 12.0 Å². The Morgan fingerprint density at radius 1 is 1.38 bits per heavy atom. The average Bonchev–Trinajstić information content (AvgIpc) is 2.31. The summed E-state index contributed by atoms with van der Waals surface area (Å²) < 4.78 is 4.64. The summed E-state index contributed by atoms with van der Waals surface area (Å²) >= 11 is 0. The van der Waals surface area contributed by atoms with Crippen LogP contribution in [0.4, 0.5) is 0 Å². The molecule has 0 aliphatic carbocycles. The van der Waals surface area contributed by atoms with Crippen molar-refractivity contribution in [1.29, 1.82) is 0 Å². The maximum atomic E-state index is 10.1. The molecule has 0 unspecified atom stereocenters. The van der Waals surface area contributed by atoms with E-state index in [-0.39, 0.29) is 5.97 Å². The first-order valence-corrected chi connectivity index (χ1v) is 5.51. The molecule has 0 fully saturated rings. The Morgan fingerprint density at radius 2 is 2.00 bits per heavy atom. The van der Waals surface area contributed by atoms with E-state index in [1.54, 1.807) is 0 Å². The van der Waals surface area contributed by atoms with Gasteiger partial charge in [-0.25, -0.2) is 0 Å². The highest BCUT2D eigenvalue weighted by atomic mass is 16.5. The second kappa shape index (κ2) is 9.97. The number of carbonyl (C=O) groups excluding carboxylic acids is 1. The fourth-order valence-electron chi connectivity index (χ4n) is 0.949. The van der Waals surface area contributed by atoms with Crippen LogP contribution < -0.4 is 0 Å². The third kappa shape index (κ3) is 9.00. The summed E-state index contributed by atoms with van der Waals surface area (Å²) in [4.78, 5) is 10.1. The average molecular weight is 220 g/mol. The van der Waals surface area contributed by atoms with Gasteiger partial charge in [0.15, 0.2) is 0 Å². The lowest BCUT2D eigenvalue weighted by molar-refractivity contribution is -0.141. The fraction of sp³-hybridized carbons (Fsp3) is 0.357. The Morgan fingerprint density at radius 3 is 2.38 bits per heavy atom. The van der Waals surface area contributed by atoms with Gasteiger partial charge in [0.25, 0.3) is 0 Å². The monoisotopic (exact) mass is 220 g/mol. The van der Waals surface area contributed by atoms with E-state index in [0.717, 1.165) is 12.8 Å². The highest BCUT2D eigenvalue weighted by Crippen LogP contribution is 1.97. The molecule has 0 heterocycles. The van der Waals surface area contributed by atoms with Gasteiger partial charge in [-0.15, -0.1) is 0 Å². The second-order valence-electron chi connectivity index (χ2n) is 3.31. The molecule has 0 radical (unpaired) electrons. The molecule has 16 heavy (non-hydrogen) atoms. The van der Waals surface area contributed by atoms with Crippen LogP contribution in [0.1, 0.15) is 32.3 Å². The van der Waals surface area contributed by atoms with E-state index in [4.69, 9.17) is 0 Å². The van der Waals surface area contributed by atoms with Gasteiger partial charge in [-0.05, 0) is 12.0 Å². The quantitative estimate of drug-likeness (QED) is 0.571. The van der Waals surface area contributed by atoms with Gasteiger partial charge in [-0.3, -0.25) is 4.79 Å². The van der Waals surface area contributed by atoms with Crippen molar-refractivity contribution in [3.63, 3.8) is 0 Å². The molecular formula is C14H20O2. The van der Waals surface area contributed by atoms with Crippen LogP contribution in [0.5, 0.6) is 0 Å². The first kappa shape index (κ1) is 14.4. The Labute approximate surface area is 97.9 Å². The highest BCUT2D eigenvalue weighted by molar-refractivity contribution is 5.65. The molecule has 0 atom stereocenters. The van der Waals surface area contributed by atoms with Crippen LogP contribution >= 0.6 is 0 Å². The molecule has 0 aliphatic rings. The summed E-state index contributed by atoms with van der Waals surface area (Å²) in [5, 5.41) is 0. The topological polar surface area (TPSA) is 26.3 Å². The number of hydrogen-bond donors (Lipinski definition) is 0. The number of unbranched alkanes of at least 4 members (excludes halogenated alkanes) is 1. The molecule has 1 aromatic rings. The van der Waals surface area contributed by atoms with Crippen LogP contribution in [0.25, 0.3) is 6.08 Å². The number of esters is 1. The van der Waals surface area contributed by atoms with Gasteiger partial charge in [0.2, 0.25) is 0 Å². The number of hydrogen-bond acceptors (Lipinski definition) is 2. The van der Waals surface area contributed by atoms with Gasteiger partial charge in [-0.1, -0.05) is 56.3 Å². The van der Waals surface area contributed by atoms with Crippen LogP contribution in [0.3, 0.4) is 0 Å². The summed E-state index contributed by atoms with van der Waals surface area (Å²) in [5.74, 6) is -0.182. The predicted octanol–water partition coefficient (Wildman–Crippen LogP) is 3.68. The Bertz CT molecular complexity index is 291. The van der Waals surface area contributed by atoms with Gasteiger partial charge < -0.3 is 4.74 Å². The maximum absolute atomic E-state index is 10.1. The Hall–Kier alpha value is -1.57. The highest BCUT2D eigenvalue weighted by Gasteiger charge is 1.88. The molecule has 0 N–H and O–H groups in total. The fourth-order valence-corrected chi connectivity index (χ4v) is 0.949. The van der Waals surface area contributed by atoms with Crippen LogP contribution in [0, 0.1) is 0 Å². The zero-order valence-corrected chi connectivity index (χ0v) is 10.1. The molecule has 88 valence electrons. The lowest BCUT2D eigenvalue weighted by Crippen LogP contribution is -1.99. The predicted molar refractivity (Wildman–Crippen MR) is 68.1 cm³/mol. The molecule has 0 aliphatic heterocycles. The lowest BCUT2D eigenvalue weighted by Gasteiger charge is -1.96. The smallest absolute Gasteiger partial charge is 0.302 e.